The average Bonchev–Trinajstić information content (AvgIpc) is 3.07. The molecule has 282 valence electrons. The van der Waals surface area contributed by atoms with E-state index in [1.807, 2.05) is 4.72 Å². The summed E-state index contributed by atoms with van der Waals surface area (Å²) in [6.07, 6.45) is 0.446. The molecule has 17 heteroatoms. The summed E-state index contributed by atoms with van der Waals surface area (Å²) >= 11 is 0. The molecular weight excluding hydrogens is 714 g/mol. The summed E-state index contributed by atoms with van der Waals surface area (Å²) in [6.45, 7) is 11.4. The van der Waals surface area contributed by atoms with Crippen molar-refractivity contribution in [1.29, 1.82) is 0 Å². The summed E-state index contributed by atoms with van der Waals surface area (Å²) in [6, 6.07) is 7.54. The van der Waals surface area contributed by atoms with Crippen LogP contribution in [0.5, 0.6) is 0 Å². The van der Waals surface area contributed by atoms with Crippen LogP contribution >= 0.6 is 0 Å². The van der Waals surface area contributed by atoms with Gasteiger partial charge in [0.2, 0.25) is 5.91 Å². The maximum absolute atomic E-state index is 15.3. The topological polar surface area (TPSA) is 188 Å². The summed E-state index contributed by atoms with van der Waals surface area (Å²) in [5, 5.41) is 4.93. The van der Waals surface area contributed by atoms with Crippen molar-refractivity contribution >= 4 is 39.2 Å². The first-order valence-electron chi connectivity index (χ1n) is 16.3. The third-order valence-corrected chi connectivity index (χ3v) is 9.46. The smallest absolute Gasteiger partial charge is 0.336 e. The molecule has 0 aliphatic carbocycles. The van der Waals surface area contributed by atoms with Crippen LogP contribution in [0.4, 0.5) is 20.2 Å². The second-order valence-corrected chi connectivity index (χ2v) is 15.3. The maximum atomic E-state index is 15.3. The quantitative estimate of drug-likeness (QED) is 0.191. The number of ether oxygens (including phenoxy) is 1. The van der Waals surface area contributed by atoms with E-state index in [-0.39, 0.29) is 28.7 Å². The van der Waals surface area contributed by atoms with Crippen LogP contribution in [0.2, 0.25) is 0 Å². The molecule has 0 saturated carbocycles. The highest BCUT2D eigenvalue weighted by Crippen LogP contribution is 2.25. The Bertz CT molecular complexity index is 2280. The third-order valence-electron chi connectivity index (χ3n) is 8.10. The van der Waals surface area contributed by atoms with Crippen LogP contribution < -0.4 is 26.6 Å². The summed E-state index contributed by atoms with van der Waals surface area (Å²) < 4.78 is 66.2. The average molecular weight is 755 g/mol. The number of rotatable bonds is 11. The third kappa shape index (κ3) is 9.21. The number of nitrogens with zero attached hydrogens (tertiary/aromatic N) is 3. The predicted octanol–water partition coefficient (Wildman–Crippen LogP) is 3.90. The SMILES string of the molecule is Cc1c(C)n(C)c(=O)n(-c2ccc(C[C@H](NC(=O)c3cc(F)c(NS(=O)(=O)c4cccc(NC(=O)C(C)(C)C)c4)cc3F)C(=O)OC(C)C)cn2)c1=O. The molecule has 0 fully saturated rings. The number of carbonyl (C=O) groups excluding carboxylic acids is 3. The first-order valence-corrected chi connectivity index (χ1v) is 17.8. The zero-order valence-corrected chi connectivity index (χ0v) is 31.1. The van der Waals surface area contributed by atoms with Gasteiger partial charge in [-0.15, -0.1) is 0 Å². The van der Waals surface area contributed by atoms with Gasteiger partial charge in [-0.2, -0.15) is 0 Å². The zero-order chi connectivity index (χ0) is 39.6. The Morgan fingerprint density at radius 3 is 2.26 bits per heavy atom. The molecule has 4 rings (SSSR count). The van der Waals surface area contributed by atoms with Gasteiger partial charge in [-0.1, -0.05) is 32.9 Å². The Balaban J connectivity index is 1.56. The fourth-order valence-electron chi connectivity index (χ4n) is 4.87. The van der Waals surface area contributed by atoms with Gasteiger partial charge in [-0.3, -0.25) is 19.1 Å². The van der Waals surface area contributed by atoms with Crippen LogP contribution in [0.25, 0.3) is 5.82 Å². The van der Waals surface area contributed by atoms with Crippen molar-refractivity contribution in [3.8, 4) is 5.82 Å². The van der Waals surface area contributed by atoms with E-state index in [1.54, 1.807) is 48.5 Å². The predicted molar refractivity (Wildman–Crippen MR) is 192 cm³/mol. The summed E-state index contributed by atoms with van der Waals surface area (Å²) in [5.41, 5.74) is -2.23. The lowest BCUT2D eigenvalue weighted by molar-refractivity contribution is -0.149. The molecule has 0 spiro atoms. The minimum atomic E-state index is -4.50. The highest BCUT2D eigenvalue weighted by Gasteiger charge is 2.28. The van der Waals surface area contributed by atoms with Crippen LogP contribution in [0.3, 0.4) is 0 Å². The van der Waals surface area contributed by atoms with Crippen molar-refractivity contribution in [2.75, 3.05) is 10.0 Å². The van der Waals surface area contributed by atoms with Gasteiger partial charge in [0, 0.05) is 48.1 Å². The van der Waals surface area contributed by atoms with Crippen molar-refractivity contribution in [3.05, 3.63) is 110 Å². The van der Waals surface area contributed by atoms with Crippen molar-refractivity contribution in [3.63, 3.8) is 0 Å². The van der Waals surface area contributed by atoms with Crippen molar-refractivity contribution < 1.29 is 36.3 Å². The van der Waals surface area contributed by atoms with Crippen molar-refractivity contribution in [2.24, 2.45) is 12.5 Å². The number of esters is 1. The van der Waals surface area contributed by atoms with E-state index in [1.165, 1.54) is 48.1 Å². The molecule has 2 aromatic carbocycles. The van der Waals surface area contributed by atoms with E-state index in [2.05, 4.69) is 15.6 Å². The van der Waals surface area contributed by atoms with Gasteiger partial charge in [0.15, 0.2) is 0 Å². The Morgan fingerprint density at radius 1 is 0.981 bits per heavy atom. The second-order valence-electron chi connectivity index (χ2n) is 13.6. The van der Waals surface area contributed by atoms with E-state index in [9.17, 15) is 32.4 Å². The molecule has 1 atom stereocenters. The maximum Gasteiger partial charge on any atom is 0.336 e. The molecule has 53 heavy (non-hydrogen) atoms. The molecule has 4 aromatic rings. The van der Waals surface area contributed by atoms with Crippen LogP contribution in [-0.4, -0.2) is 52.5 Å². The fourth-order valence-corrected chi connectivity index (χ4v) is 5.97. The second kappa shape index (κ2) is 15.5. The number of pyridine rings is 1. The number of nitrogens with one attached hydrogen (secondary N) is 3. The molecule has 3 N–H and O–H groups in total. The molecule has 0 bridgehead atoms. The first-order chi connectivity index (χ1) is 24.6. The molecule has 2 heterocycles. The van der Waals surface area contributed by atoms with Crippen LogP contribution in [0, 0.1) is 30.9 Å². The minimum Gasteiger partial charge on any atom is -0.461 e. The fraction of sp³-hybridized carbons (Fsp3) is 0.333. The lowest BCUT2D eigenvalue weighted by Gasteiger charge is -2.20. The van der Waals surface area contributed by atoms with E-state index in [0.717, 1.165) is 10.6 Å². The number of sulfonamides is 1. The molecular formula is C36H40F2N6O8S. The Morgan fingerprint density at radius 2 is 1.66 bits per heavy atom. The van der Waals surface area contributed by atoms with E-state index in [4.69, 9.17) is 4.74 Å². The van der Waals surface area contributed by atoms with Crippen molar-refractivity contribution in [1.82, 2.24) is 19.4 Å². The molecule has 14 nitrogen and oxygen atoms in total. The summed E-state index contributed by atoms with van der Waals surface area (Å²) in [5.74, 6) is -5.08. The molecule has 0 aliphatic rings. The van der Waals surface area contributed by atoms with Crippen LogP contribution in [0.1, 0.15) is 61.8 Å². The minimum absolute atomic E-state index is 0.0149. The highest BCUT2D eigenvalue weighted by molar-refractivity contribution is 7.92. The standard InChI is InChI=1S/C36H40F2N6O8S/c1-19(2)52-33(47)29(14-22-12-13-30(39-18-22)44-32(46)20(3)21(4)43(8)35(44)49)41-31(45)25-16-27(38)28(17-26(25)37)42-53(50,51)24-11-9-10-23(15-24)40-34(48)36(5,6)7/h9-13,15-19,29,42H,14H2,1-8H3,(H,40,48)(H,41,45)/t29-/m0/s1. The number of aromatic nitrogens is 3. The molecule has 2 aromatic heterocycles. The van der Waals surface area contributed by atoms with Gasteiger partial charge in [-0.05, 0) is 63.6 Å². The van der Waals surface area contributed by atoms with Gasteiger partial charge < -0.3 is 19.9 Å². The van der Waals surface area contributed by atoms with Crippen LogP contribution in [0.15, 0.2) is 69.2 Å². The van der Waals surface area contributed by atoms with Crippen molar-refractivity contribution in [2.45, 2.75) is 71.9 Å². The highest BCUT2D eigenvalue weighted by atomic mass is 32.2. The summed E-state index contributed by atoms with van der Waals surface area (Å²) in [4.78, 5) is 68.1. The normalized spacial score (nSPS) is 12.3. The monoisotopic (exact) mass is 754 g/mol. The Labute approximate surface area is 304 Å². The van der Waals surface area contributed by atoms with Crippen LogP contribution in [-0.2, 0) is 37.8 Å². The largest absolute Gasteiger partial charge is 0.461 e. The zero-order valence-electron chi connectivity index (χ0n) is 30.3. The van der Waals surface area contributed by atoms with Gasteiger partial charge in [-0.25, -0.2) is 36.3 Å². The number of hydrogen-bond donors (Lipinski definition) is 3. The Kier molecular flexibility index (Phi) is 11.7. The molecule has 0 aliphatic heterocycles. The lowest BCUT2D eigenvalue weighted by Crippen LogP contribution is -2.44. The number of anilines is 2. The molecule has 0 saturated heterocycles. The van der Waals surface area contributed by atoms with Gasteiger partial charge in [0.25, 0.3) is 21.5 Å². The van der Waals surface area contributed by atoms with E-state index < -0.39 is 73.6 Å². The number of benzene rings is 2. The lowest BCUT2D eigenvalue weighted by atomic mass is 9.95. The van der Waals surface area contributed by atoms with E-state index in [0.29, 0.717) is 29.0 Å². The number of halogens is 2. The summed E-state index contributed by atoms with van der Waals surface area (Å²) in [7, 11) is -2.99. The number of hydrogen-bond acceptors (Lipinski definition) is 9. The number of amides is 2. The molecule has 0 unspecified atom stereocenters. The number of carbonyl (C=O) groups is 3. The van der Waals surface area contributed by atoms with Gasteiger partial charge >= 0.3 is 11.7 Å². The van der Waals surface area contributed by atoms with Gasteiger partial charge in [0.1, 0.15) is 23.5 Å². The molecule has 0 radical (unpaired) electrons. The first kappa shape index (κ1) is 40.1. The van der Waals surface area contributed by atoms with E-state index >= 15 is 8.78 Å². The van der Waals surface area contributed by atoms with Gasteiger partial charge in [0.05, 0.1) is 22.3 Å². The molecule has 2 amide bonds. The Hall–Kier alpha value is -5.71.